The van der Waals surface area contributed by atoms with Gasteiger partial charge in [0.2, 0.25) is 5.88 Å². The molecule has 1 aliphatic rings. The highest BCUT2D eigenvalue weighted by atomic mass is 16.6. The van der Waals surface area contributed by atoms with Crippen LogP contribution in [0.4, 0.5) is 4.79 Å². The van der Waals surface area contributed by atoms with Crippen LogP contribution in [0.1, 0.15) is 11.1 Å². The summed E-state index contributed by atoms with van der Waals surface area (Å²) in [4.78, 5) is 18.6. The standard InChI is InChI=1S/C22H22N2O5/c1-26-17-6-5-15-11-16-13-24(22(25)29-21(16)23-18(15)12-17)9-8-14-4-7-19(27-2)20(10-14)28-3/h4-7,10-12H,8-9,13H2,1-3H3. The summed E-state index contributed by atoms with van der Waals surface area (Å²) >= 11 is 0. The van der Waals surface area contributed by atoms with Gasteiger partial charge in [-0.3, -0.25) is 0 Å². The van der Waals surface area contributed by atoms with Crippen molar-refractivity contribution in [2.75, 3.05) is 27.9 Å². The first-order chi connectivity index (χ1) is 14.1. The minimum absolute atomic E-state index is 0.359. The fourth-order valence-electron chi connectivity index (χ4n) is 3.39. The van der Waals surface area contributed by atoms with Gasteiger partial charge in [0.25, 0.3) is 0 Å². The predicted molar refractivity (Wildman–Crippen MR) is 108 cm³/mol. The molecule has 0 unspecified atom stereocenters. The molecule has 0 atom stereocenters. The first kappa shape index (κ1) is 18.9. The van der Waals surface area contributed by atoms with E-state index in [-0.39, 0.29) is 0 Å². The van der Waals surface area contributed by atoms with E-state index in [4.69, 9.17) is 18.9 Å². The van der Waals surface area contributed by atoms with Crippen molar-refractivity contribution in [1.29, 1.82) is 0 Å². The lowest BCUT2D eigenvalue weighted by Crippen LogP contribution is -2.38. The van der Waals surface area contributed by atoms with Crippen LogP contribution in [0.25, 0.3) is 10.9 Å². The van der Waals surface area contributed by atoms with Crippen molar-refractivity contribution in [2.45, 2.75) is 13.0 Å². The third-order valence-electron chi connectivity index (χ3n) is 4.99. The summed E-state index contributed by atoms with van der Waals surface area (Å²) in [5.74, 6) is 2.42. The summed E-state index contributed by atoms with van der Waals surface area (Å²) in [7, 11) is 4.82. The van der Waals surface area contributed by atoms with Gasteiger partial charge in [0.1, 0.15) is 5.75 Å². The van der Waals surface area contributed by atoms with Crippen LogP contribution in [0.3, 0.4) is 0 Å². The number of fused-ring (bicyclic) bond motifs is 2. The number of rotatable bonds is 6. The van der Waals surface area contributed by atoms with Crippen LogP contribution in [0, 0.1) is 0 Å². The lowest BCUT2D eigenvalue weighted by molar-refractivity contribution is 0.137. The molecular formula is C22H22N2O5. The van der Waals surface area contributed by atoms with Crippen molar-refractivity contribution < 1.29 is 23.7 Å². The first-order valence-corrected chi connectivity index (χ1v) is 9.26. The van der Waals surface area contributed by atoms with Crippen LogP contribution in [-0.4, -0.2) is 43.9 Å². The summed E-state index contributed by atoms with van der Waals surface area (Å²) in [6, 6.07) is 13.4. The number of nitrogens with zero attached hydrogens (tertiary/aromatic N) is 2. The molecule has 3 aromatic rings. The topological polar surface area (TPSA) is 70.1 Å². The molecule has 0 fully saturated rings. The van der Waals surface area contributed by atoms with Gasteiger partial charge in [-0.05, 0) is 42.3 Å². The number of pyridine rings is 1. The van der Waals surface area contributed by atoms with E-state index in [0.29, 0.717) is 42.6 Å². The Labute approximate surface area is 168 Å². The molecule has 29 heavy (non-hydrogen) atoms. The highest BCUT2D eigenvalue weighted by Crippen LogP contribution is 2.31. The average molecular weight is 394 g/mol. The van der Waals surface area contributed by atoms with E-state index in [1.807, 2.05) is 42.5 Å². The van der Waals surface area contributed by atoms with E-state index >= 15 is 0 Å². The lowest BCUT2D eigenvalue weighted by Gasteiger charge is -2.27. The molecule has 0 aliphatic carbocycles. The van der Waals surface area contributed by atoms with E-state index in [2.05, 4.69) is 4.98 Å². The molecule has 1 amide bonds. The molecule has 0 spiro atoms. The van der Waals surface area contributed by atoms with Crippen LogP contribution in [0.15, 0.2) is 42.5 Å². The Kier molecular flexibility index (Phi) is 5.12. The summed E-state index contributed by atoms with van der Waals surface area (Å²) in [6.07, 6.45) is 0.274. The van der Waals surface area contributed by atoms with Gasteiger partial charge in [-0.15, -0.1) is 0 Å². The molecule has 2 heterocycles. The second-order valence-corrected chi connectivity index (χ2v) is 6.74. The maximum Gasteiger partial charge on any atom is 0.416 e. The van der Waals surface area contributed by atoms with Gasteiger partial charge in [-0.1, -0.05) is 6.07 Å². The van der Waals surface area contributed by atoms with Crippen LogP contribution >= 0.6 is 0 Å². The Hall–Kier alpha value is -3.48. The Morgan fingerprint density at radius 3 is 2.59 bits per heavy atom. The molecule has 150 valence electrons. The maximum absolute atomic E-state index is 12.5. The fraction of sp³-hybridized carbons (Fsp3) is 0.273. The van der Waals surface area contributed by atoms with E-state index in [0.717, 1.165) is 22.0 Å². The number of aromatic nitrogens is 1. The highest BCUT2D eigenvalue weighted by molar-refractivity contribution is 5.83. The van der Waals surface area contributed by atoms with Crippen LogP contribution in [0.5, 0.6) is 23.1 Å². The molecule has 2 aromatic carbocycles. The van der Waals surface area contributed by atoms with Gasteiger partial charge in [-0.2, -0.15) is 0 Å². The Balaban J connectivity index is 1.51. The predicted octanol–water partition coefficient (Wildman–Crippen LogP) is 3.82. The molecule has 7 nitrogen and oxygen atoms in total. The molecule has 0 radical (unpaired) electrons. The molecule has 0 N–H and O–H groups in total. The Morgan fingerprint density at radius 2 is 1.83 bits per heavy atom. The number of carbonyl (C=O) groups excluding carboxylic acids is 1. The fourth-order valence-corrected chi connectivity index (χ4v) is 3.39. The molecule has 7 heteroatoms. The lowest BCUT2D eigenvalue weighted by atomic mass is 10.1. The zero-order valence-electron chi connectivity index (χ0n) is 16.6. The van der Waals surface area contributed by atoms with Crippen LogP contribution < -0.4 is 18.9 Å². The molecule has 1 aliphatic heterocycles. The third kappa shape index (κ3) is 3.76. The van der Waals surface area contributed by atoms with Crippen molar-refractivity contribution >= 4 is 17.0 Å². The van der Waals surface area contributed by atoms with E-state index < -0.39 is 6.09 Å². The van der Waals surface area contributed by atoms with Gasteiger partial charge in [0.15, 0.2) is 11.5 Å². The van der Waals surface area contributed by atoms with Gasteiger partial charge in [-0.25, -0.2) is 9.78 Å². The van der Waals surface area contributed by atoms with Gasteiger partial charge < -0.3 is 23.8 Å². The molecule has 0 saturated carbocycles. The second-order valence-electron chi connectivity index (χ2n) is 6.74. The minimum Gasteiger partial charge on any atom is -0.497 e. The van der Waals surface area contributed by atoms with E-state index in [9.17, 15) is 4.79 Å². The van der Waals surface area contributed by atoms with Crippen LogP contribution in [-0.2, 0) is 13.0 Å². The Morgan fingerprint density at radius 1 is 1.00 bits per heavy atom. The Bertz CT molecular complexity index is 1070. The molecular weight excluding hydrogens is 372 g/mol. The van der Waals surface area contributed by atoms with Gasteiger partial charge >= 0.3 is 6.09 Å². The number of amides is 1. The number of hydrogen-bond acceptors (Lipinski definition) is 6. The minimum atomic E-state index is -0.396. The molecule has 4 rings (SSSR count). The van der Waals surface area contributed by atoms with Crippen molar-refractivity contribution in [2.24, 2.45) is 0 Å². The average Bonchev–Trinajstić information content (AvgIpc) is 2.75. The maximum atomic E-state index is 12.5. The second kappa shape index (κ2) is 7.87. The normalized spacial score (nSPS) is 13.1. The number of methoxy groups -OCH3 is 3. The van der Waals surface area contributed by atoms with Crippen molar-refractivity contribution in [3.05, 3.63) is 53.6 Å². The zero-order valence-corrected chi connectivity index (χ0v) is 16.6. The SMILES string of the molecule is COc1ccc2cc3c(nc2c1)OC(=O)N(CCc1ccc(OC)c(OC)c1)C3. The van der Waals surface area contributed by atoms with Crippen molar-refractivity contribution in [3.63, 3.8) is 0 Å². The monoisotopic (exact) mass is 394 g/mol. The summed E-state index contributed by atoms with van der Waals surface area (Å²) in [5, 5.41) is 0.974. The number of carbonyl (C=O) groups is 1. The number of hydrogen-bond donors (Lipinski definition) is 0. The van der Waals surface area contributed by atoms with E-state index in [1.54, 1.807) is 26.2 Å². The first-order valence-electron chi connectivity index (χ1n) is 9.26. The highest BCUT2D eigenvalue weighted by Gasteiger charge is 2.26. The summed E-state index contributed by atoms with van der Waals surface area (Å²) in [5.41, 5.74) is 2.66. The van der Waals surface area contributed by atoms with Gasteiger partial charge in [0.05, 0.1) is 33.4 Å². The summed E-state index contributed by atoms with van der Waals surface area (Å²) < 4.78 is 21.3. The smallest absolute Gasteiger partial charge is 0.416 e. The molecule has 0 saturated heterocycles. The zero-order chi connectivity index (χ0) is 20.4. The quantitative estimate of drug-likeness (QED) is 0.633. The molecule has 1 aromatic heterocycles. The number of benzene rings is 2. The van der Waals surface area contributed by atoms with Crippen molar-refractivity contribution in [1.82, 2.24) is 9.88 Å². The van der Waals surface area contributed by atoms with Gasteiger partial charge in [0, 0.05) is 23.6 Å². The van der Waals surface area contributed by atoms with E-state index in [1.165, 1.54) is 0 Å². The third-order valence-corrected chi connectivity index (χ3v) is 4.99. The summed E-state index contributed by atoms with van der Waals surface area (Å²) in [6.45, 7) is 0.977. The van der Waals surface area contributed by atoms with Crippen LogP contribution in [0.2, 0.25) is 0 Å². The largest absolute Gasteiger partial charge is 0.497 e. The molecule has 0 bridgehead atoms. The number of ether oxygens (including phenoxy) is 4. The van der Waals surface area contributed by atoms with Crippen molar-refractivity contribution in [3.8, 4) is 23.1 Å².